The molecular weight excluding hydrogens is 345 g/mol. The van der Waals surface area contributed by atoms with Crippen LogP contribution in [0.3, 0.4) is 0 Å². The molecule has 3 N–H and O–H groups in total. The van der Waals surface area contributed by atoms with E-state index in [2.05, 4.69) is 10.1 Å². The van der Waals surface area contributed by atoms with E-state index in [0.717, 1.165) is 45.1 Å². The predicted molar refractivity (Wildman–Crippen MR) is 93.1 cm³/mol. The fraction of sp³-hybridized carbons (Fsp3) is 0.684. The average molecular weight is 372 g/mol. The Hall–Kier alpha value is -1.31. The maximum absolute atomic E-state index is 12.6. The summed E-state index contributed by atoms with van der Waals surface area (Å²) in [4.78, 5) is 0. The summed E-state index contributed by atoms with van der Waals surface area (Å²) in [5.41, 5.74) is 6.75. The molecule has 0 aromatic heterocycles. The molecule has 1 aromatic rings. The largest absolute Gasteiger partial charge is 0.573 e. The first-order valence-electron chi connectivity index (χ1n) is 9.37. The number of ether oxygens (including phenoxy) is 2. The van der Waals surface area contributed by atoms with Crippen LogP contribution in [0, 0.1) is 0 Å². The minimum Gasteiger partial charge on any atom is -0.405 e. The Kier molecular flexibility index (Phi) is 6.42. The third-order valence-electron chi connectivity index (χ3n) is 5.41. The van der Waals surface area contributed by atoms with E-state index in [0.29, 0.717) is 12.2 Å². The molecule has 3 rings (SSSR count). The highest BCUT2D eigenvalue weighted by atomic mass is 19.4. The molecule has 1 unspecified atom stereocenters. The van der Waals surface area contributed by atoms with E-state index in [9.17, 15) is 13.2 Å². The number of piperidine rings is 1. The van der Waals surface area contributed by atoms with Crippen LogP contribution in [0.15, 0.2) is 24.3 Å². The lowest BCUT2D eigenvalue weighted by molar-refractivity contribution is -0.275. The molecule has 2 aliphatic rings. The van der Waals surface area contributed by atoms with Gasteiger partial charge >= 0.3 is 6.36 Å². The van der Waals surface area contributed by atoms with Crippen LogP contribution in [-0.2, 0) is 4.74 Å². The van der Waals surface area contributed by atoms with E-state index in [4.69, 9.17) is 10.5 Å². The number of benzene rings is 1. The van der Waals surface area contributed by atoms with Gasteiger partial charge in [-0.15, -0.1) is 13.2 Å². The van der Waals surface area contributed by atoms with Crippen LogP contribution in [0.1, 0.15) is 50.0 Å². The van der Waals surface area contributed by atoms with Crippen molar-refractivity contribution < 1.29 is 22.6 Å². The van der Waals surface area contributed by atoms with Gasteiger partial charge in [0.25, 0.3) is 0 Å². The Morgan fingerprint density at radius 1 is 1.08 bits per heavy atom. The predicted octanol–water partition coefficient (Wildman–Crippen LogP) is 3.71. The third-order valence-corrected chi connectivity index (χ3v) is 5.41. The third kappa shape index (κ3) is 5.34. The number of para-hydroxylation sites is 1. The van der Waals surface area contributed by atoms with Gasteiger partial charge in [-0.3, -0.25) is 0 Å². The fourth-order valence-electron chi connectivity index (χ4n) is 3.98. The number of nitrogens with one attached hydrogen (secondary N) is 1. The summed E-state index contributed by atoms with van der Waals surface area (Å²) >= 11 is 0. The lowest BCUT2D eigenvalue weighted by Crippen LogP contribution is -2.52. The summed E-state index contributed by atoms with van der Waals surface area (Å²) in [5, 5.41) is 3.40. The van der Waals surface area contributed by atoms with Gasteiger partial charge in [0.15, 0.2) is 0 Å². The number of nitrogens with two attached hydrogens (primary N) is 1. The van der Waals surface area contributed by atoms with E-state index in [1.54, 1.807) is 18.2 Å². The molecule has 1 aromatic carbocycles. The van der Waals surface area contributed by atoms with Gasteiger partial charge in [-0.05, 0) is 62.6 Å². The van der Waals surface area contributed by atoms with Crippen LogP contribution in [0.2, 0.25) is 0 Å². The number of halogens is 3. The maximum Gasteiger partial charge on any atom is 0.573 e. The molecule has 1 saturated heterocycles. The summed E-state index contributed by atoms with van der Waals surface area (Å²) in [7, 11) is 0. The quantitative estimate of drug-likeness (QED) is 0.827. The van der Waals surface area contributed by atoms with Gasteiger partial charge in [-0.1, -0.05) is 18.2 Å². The molecule has 0 radical (unpaired) electrons. The van der Waals surface area contributed by atoms with Gasteiger partial charge < -0.3 is 20.5 Å². The monoisotopic (exact) mass is 372 g/mol. The smallest absolute Gasteiger partial charge is 0.405 e. The van der Waals surface area contributed by atoms with Crippen molar-refractivity contribution in [1.29, 1.82) is 0 Å². The summed E-state index contributed by atoms with van der Waals surface area (Å²) in [5.74, 6) is -0.00906. The Morgan fingerprint density at radius 2 is 1.81 bits per heavy atom. The zero-order chi connectivity index (χ0) is 18.6. The van der Waals surface area contributed by atoms with Crippen molar-refractivity contribution in [3.05, 3.63) is 29.8 Å². The molecular formula is C19H27F3N2O2. The van der Waals surface area contributed by atoms with Crippen LogP contribution in [0.25, 0.3) is 0 Å². The van der Waals surface area contributed by atoms with E-state index < -0.39 is 6.36 Å². The highest BCUT2D eigenvalue weighted by Gasteiger charge is 2.34. The zero-order valence-corrected chi connectivity index (χ0v) is 14.8. The van der Waals surface area contributed by atoms with Gasteiger partial charge in [0.05, 0.1) is 12.7 Å². The normalized spacial score (nSPS) is 30.2. The standard InChI is InChI=1S/C19H27F3N2O2/c20-19(21,22)26-18-6-2-1-4-15(18)13-7-9-14(10-8-13)25-12-17-16(23)5-3-11-24-17/h1-2,4,6,13-14,16-17,24H,3,5,7-12,23H2/t13-,14+,16?,17-/m0/s1. The molecule has 0 bridgehead atoms. The molecule has 26 heavy (non-hydrogen) atoms. The molecule has 1 aliphatic heterocycles. The molecule has 1 heterocycles. The zero-order valence-electron chi connectivity index (χ0n) is 14.8. The molecule has 0 amide bonds. The SMILES string of the molecule is NC1CCCN[C@H]1CO[C@H]1CC[C@@H](c2ccccc2OC(F)(F)F)CC1. The topological polar surface area (TPSA) is 56.5 Å². The Labute approximate surface area is 152 Å². The van der Waals surface area contributed by atoms with Gasteiger partial charge in [0.2, 0.25) is 0 Å². The lowest BCUT2D eigenvalue weighted by atomic mass is 9.82. The van der Waals surface area contributed by atoms with Crippen molar-refractivity contribution in [3.8, 4) is 5.75 Å². The van der Waals surface area contributed by atoms with Crippen LogP contribution in [0.5, 0.6) is 5.75 Å². The second-order valence-electron chi connectivity index (χ2n) is 7.26. The number of hydrogen-bond acceptors (Lipinski definition) is 4. The molecule has 1 aliphatic carbocycles. The van der Waals surface area contributed by atoms with Crippen LogP contribution in [0.4, 0.5) is 13.2 Å². The maximum atomic E-state index is 12.6. The molecule has 4 nitrogen and oxygen atoms in total. The summed E-state index contributed by atoms with van der Waals surface area (Å²) in [6.45, 7) is 1.58. The second kappa shape index (κ2) is 8.59. The van der Waals surface area contributed by atoms with Gasteiger partial charge in [0.1, 0.15) is 5.75 Å². The van der Waals surface area contributed by atoms with E-state index in [-0.39, 0.29) is 29.9 Å². The van der Waals surface area contributed by atoms with E-state index in [1.807, 2.05) is 0 Å². The number of alkyl halides is 3. The van der Waals surface area contributed by atoms with Crippen LogP contribution in [-0.4, -0.2) is 37.7 Å². The van der Waals surface area contributed by atoms with Crippen molar-refractivity contribution in [2.24, 2.45) is 5.73 Å². The second-order valence-corrected chi connectivity index (χ2v) is 7.26. The van der Waals surface area contributed by atoms with Crippen molar-refractivity contribution in [3.63, 3.8) is 0 Å². The van der Waals surface area contributed by atoms with Crippen molar-refractivity contribution in [2.75, 3.05) is 13.2 Å². The Morgan fingerprint density at radius 3 is 2.50 bits per heavy atom. The Balaban J connectivity index is 1.51. The first-order chi connectivity index (χ1) is 12.4. The number of hydrogen-bond donors (Lipinski definition) is 2. The lowest BCUT2D eigenvalue weighted by Gasteiger charge is -2.33. The van der Waals surface area contributed by atoms with Crippen molar-refractivity contribution in [2.45, 2.75) is 69.0 Å². The van der Waals surface area contributed by atoms with Gasteiger partial charge in [-0.2, -0.15) is 0 Å². The first kappa shape index (κ1) is 19.5. The summed E-state index contributed by atoms with van der Waals surface area (Å²) in [6, 6.07) is 6.78. The minimum absolute atomic E-state index is 0.0727. The first-order valence-corrected chi connectivity index (χ1v) is 9.37. The molecule has 0 spiro atoms. The molecule has 146 valence electrons. The summed E-state index contributed by atoms with van der Waals surface area (Å²) < 4.78 is 48.0. The molecule has 2 fully saturated rings. The summed E-state index contributed by atoms with van der Waals surface area (Å²) in [6.07, 6.45) is 0.881. The van der Waals surface area contributed by atoms with Crippen molar-refractivity contribution in [1.82, 2.24) is 5.32 Å². The molecule has 7 heteroatoms. The van der Waals surface area contributed by atoms with Gasteiger partial charge in [-0.25, -0.2) is 0 Å². The van der Waals surface area contributed by atoms with Gasteiger partial charge in [0, 0.05) is 12.1 Å². The molecule has 2 atom stereocenters. The fourth-order valence-corrected chi connectivity index (χ4v) is 3.98. The van der Waals surface area contributed by atoms with Crippen LogP contribution < -0.4 is 15.8 Å². The minimum atomic E-state index is -4.66. The Bertz CT molecular complexity index is 574. The van der Waals surface area contributed by atoms with Crippen molar-refractivity contribution >= 4 is 0 Å². The van der Waals surface area contributed by atoms with E-state index in [1.165, 1.54) is 6.07 Å². The van der Waals surface area contributed by atoms with E-state index >= 15 is 0 Å². The average Bonchev–Trinajstić information content (AvgIpc) is 2.61. The van der Waals surface area contributed by atoms with Crippen LogP contribution >= 0.6 is 0 Å². The molecule has 1 saturated carbocycles. The highest BCUT2D eigenvalue weighted by molar-refractivity contribution is 5.36. The highest BCUT2D eigenvalue weighted by Crippen LogP contribution is 2.39. The number of rotatable bonds is 5.